The molecule has 0 aromatic carbocycles. The molecule has 3 heterocycles. The Hall–Kier alpha value is -1.82. The minimum absolute atomic E-state index is 0.967. The third-order valence-corrected chi connectivity index (χ3v) is 4.06. The number of nitrogens with zero attached hydrogens (tertiary/aromatic N) is 5. The lowest BCUT2D eigenvalue weighted by Crippen LogP contribution is -2.46. The normalized spacial score (nSPS) is 15.4. The molecular formula is C14H17N5S. The van der Waals surface area contributed by atoms with Crippen molar-refractivity contribution in [3.8, 4) is 0 Å². The van der Waals surface area contributed by atoms with Crippen LogP contribution >= 0.6 is 11.8 Å². The number of pyridine rings is 1. The molecule has 0 saturated carbocycles. The average Bonchev–Trinajstić information content (AvgIpc) is 2.56. The van der Waals surface area contributed by atoms with E-state index in [0.717, 1.165) is 37.0 Å². The van der Waals surface area contributed by atoms with E-state index < -0.39 is 0 Å². The summed E-state index contributed by atoms with van der Waals surface area (Å²) in [6.45, 7) is 3.92. The lowest BCUT2D eigenvalue weighted by Gasteiger charge is -2.36. The monoisotopic (exact) mass is 287 g/mol. The van der Waals surface area contributed by atoms with Crippen molar-refractivity contribution < 1.29 is 0 Å². The van der Waals surface area contributed by atoms with Gasteiger partial charge in [0.25, 0.3) is 0 Å². The average molecular weight is 287 g/mol. The Morgan fingerprint density at radius 3 is 2.35 bits per heavy atom. The third-order valence-electron chi connectivity index (χ3n) is 3.44. The van der Waals surface area contributed by atoms with Crippen LogP contribution in [0.15, 0.2) is 41.9 Å². The second-order valence-electron chi connectivity index (χ2n) is 4.60. The summed E-state index contributed by atoms with van der Waals surface area (Å²) in [6, 6.07) is 4.12. The van der Waals surface area contributed by atoms with E-state index in [4.69, 9.17) is 0 Å². The van der Waals surface area contributed by atoms with Gasteiger partial charge in [-0.1, -0.05) is 0 Å². The third kappa shape index (κ3) is 2.85. The van der Waals surface area contributed by atoms with E-state index >= 15 is 0 Å². The van der Waals surface area contributed by atoms with Crippen LogP contribution in [0.5, 0.6) is 0 Å². The molecule has 3 rings (SSSR count). The van der Waals surface area contributed by atoms with Crippen LogP contribution in [-0.4, -0.2) is 47.4 Å². The highest BCUT2D eigenvalue weighted by atomic mass is 32.2. The Morgan fingerprint density at radius 2 is 1.65 bits per heavy atom. The fraction of sp³-hybridized carbons (Fsp3) is 0.357. The maximum Gasteiger partial charge on any atom is 0.148 e. The summed E-state index contributed by atoms with van der Waals surface area (Å²) in [4.78, 5) is 17.6. The van der Waals surface area contributed by atoms with Crippen LogP contribution in [0.25, 0.3) is 0 Å². The molecule has 0 atom stereocenters. The SMILES string of the molecule is CSc1cncc(N2CCN(c3ccncc3)CC2)n1. The van der Waals surface area contributed by atoms with E-state index in [1.54, 1.807) is 18.0 Å². The molecular weight excluding hydrogens is 270 g/mol. The number of hydrogen-bond donors (Lipinski definition) is 0. The van der Waals surface area contributed by atoms with Gasteiger partial charge in [-0.15, -0.1) is 11.8 Å². The van der Waals surface area contributed by atoms with E-state index in [2.05, 4.69) is 36.9 Å². The van der Waals surface area contributed by atoms with Gasteiger partial charge in [-0.25, -0.2) is 4.98 Å². The first-order valence-electron chi connectivity index (χ1n) is 6.63. The zero-order valence-corrected chi connectivity index (χ0v) is 12.3. The number of thioether (sulfide) groups is 1. The first-order chi connectivity index (χ1) is 9.86. The Morgan fingerprint density at radius 1 is 0.950 bits per heavy atom. The van der Waals surface area contributed by atoms with Gasteiger partial charge in [0.2, 0.25) is 0 Å². The highest BCUT2D eigenvalue weighted by Crippen LogP contribution is 2.19. The molecule has 1 fully saturated rings. The Labute approximate surface area is 123 Å². The fourth-order valence-electron chi connectivity index (χ4n) is 2.34. The second kappa shape index (κ2) is 6.09. The molecule has 1 aliphatic heterocycles. The van der Waals surface area contributed by atoms with E-state index in [-0.39, 0.29) is 0 Å². The summed E-state index contributed by atoms with van der Waals surface area (Å²) >= 11 is 1.63. The largest absolute Gasteiger partial charge is 0.368 e. The van der Waals surface area contributed by atoms with Crippen LogP contribution in [0.1, 0.15) is 0 Å². The van der Waals surface area contributed by atoms with Gasteiger partial charge in [-0.3, -0.25) is 9.97 Å². The van der Waals surface area contributed by atoms with Crippen molar-refractivity contribution in [2.24, 2.45) is 0 Å². The summed E-state index contributed by atoms with van der Waals surface area (Å²) in [6.07, 6.45) is 9.36. The molecule has 0 spiro atoms. The van der Waals surface area contributed by atoms with Crippen molar-refractivity contribution in [1.82, 2.24) is 15.0 Å². The molecule has 1 aliphatic rings. The molecule has 5 nitrogen and oxygen atoms in total. The van der Waals surface area contributed by atoms with Crippen molar-refractivity contribution in [1.29, 1.82) is 0 Å². The van der Waals surface area contributed by atoms with Crippen LogP contribution in [0, 0.1) is 0 Å². The van der Waals surface area contributed by atoms with Crippen LogP contribution < -0.4 is 9.80 Å². The molecule has 6 heteroatoms. The van der Waals surface area contributed by atoms with Gasteiger partial charge >= 0.3 is 0 Å². The van der Waals surface area contributed by atoms with E-state index in [1.165, 1.54) is 5.69 Å². The summed E-state index contributed by atoms with van der Waals surface area (Å²) in [5, 5.41) is 0.971. The molecule has 2 aromatic heterocycles. The predicted octanol–water partition coefficient (Wildman–Crippen LogP) is 1.92. The zero-order valence-electron chi connectivity index (χ0n) is 11.4. The molecule has 0 radical (unpaired) electrons. The lowest BCUT2D eigenvalue weighted by molar-refractivity contribution is 0.643. The zero-order chi connectivity index (χ0) is 13.8. The topological polar surface area (TPSA) is 45.2 Å². The molecule has 20 heavy (non-hydrogen) atoms. The van der Waals surface area contributed by atoms with Gasteiger partial charge in [-0.2, -0.15) is 0 Å². The van der Waals surface area contributed by atoms with Gasteiger partial charge in [0.1, 0.15) is 10.8 Å². The number of hydrogen-bond acceptors (Lipinski definition) is 6. The van der Waals surface area contributed by atoms with Crippen LogP contribution in [0.3, 0.4) is 0 Å². The van der Waals surface area contributed by atoms with Crippen molar-refractivity contribution in [3.05, 3.63) is 36.9 Å². The second-order valence-corrected chi connectivity index (χ2v) is 5.43. The summed E-state index contributed by atoms with van der Waals surface area (Å²) < 4.78 is 0. The first-order valence-corrected chi connectivity index (χ1v) is 7.85. The fourth-order valence-corrected chi connectivity index (χ4v) is 2.69. The minimum Gasteiger partial charge on any atom is -0.368 e. The number of aromatic nitrogens is 3. The Balaban J connectivity index is 1.66. The van der Waals surface area contributed by atoms with Crippen molar-refractivity contribution in [2.45, 2.75) is 5.03 Å². The quantitative estimate of drug-likeness (QED) is 0.804. The smallest absolute Gasteiger partial charge is 0.148 e. The first kappa shape index (κ1) is 13.2. The van der Waals surface area contributed by atoms with Crippen LogP contribution in [0.2, 0.25) is 0 Å². The number of piperazine rings is 1. The van der Waals surface area contributed by atoms with Crippen molar-refractivity contribution in [2.75, 3.05) is 42.2 Å². The Bertz CT molecular complexity index is 555. The van der Waals surface area contributed by atoms with Gasteiger partial charge in [-0.05, 0) is 18.4 Å². The number of rotatable bonds is 3. The number of anilines is 2. The minimum atomic E-state index is 0.967. The molecule has 0 aliphatic carbocycles. The molecule has 0 amide bonds. The highest BCUT2D eigenvalue weighted by molar-refractivity contribution is 7.98. The van der Waals surface area contributed by atoms with Gasteiger partial charge in [0.05, 0.1) is 12.4 Å². The standard InChI is InChI=1S/C14H17N5S/c1-20-14-11-16-10-13(17-14)19-8-6-18(7-9-19)12-2-4-15-5-3-12/h2-5,10-11H,6-9H2,1H3. The summed E-state index contributed by atoms with van der Waals surface area (Å²) in [7, 11) is 0. The van der Waals surface area contributed by atoms with Crippen molar-refractivity contribution in [3.63, 3.8) is 0 Å². The molecule has 2 aromatic rings. The molecule has 0 N–H and O–H groups in total. The van der Waals surface area contributed by atoms with E-state index in [0.29, 0.717) is 0 Å². The molecule has 104 valence electrons. The summed E-state index contributed by atoms with van der Waals surface area (Å²) in [5.41, 5.74) is 1.24. The Kier molecular flexibility index (Phi) is 4.01. The van der Waals surface area contributed by atoms with Gasteiger partial charge < -0.3 is 9.80 Å². The van der Waals surface area contributed by atoms with Crippen molar-refractivity contribution >= 4 is 23.3 Å². The highest BCUT2D eigenvalue weighted by Gasteiger charge is 2.18. The summed E-state index contributed by atoms with van der Waals surface area (Å²) in [5.74, 6) is 0.978. The van der Waals surface area contributed by atoms with Gasteiger partial charge in [0.15, 0.2) is 0 Å². The van der Waals surface area contributed by atoms with Crippen LogP contribution in [0.4, 0.5) is 11.5 Å². The van der Waals surface area contributed by atoms with E-state index in [1.807, 2.05) is 24.8 Å². The van der Waals surface area contributed by atoms with Crippen LogP contribution in [-0.2, 0) is 0 Å². The predicted molar refractivity (Wildman–Crippen MR) is 82.5 cm³/mol. The molecule has 0 bridgehead atoms. The van der Waals surface area contributed by atoms with Gasteiger partial charge in [0, 0.05) is 44.3 Å². The molecule has 1 saturated heterocycles. The molecule has 0 unspecified atom stereocenters. The maximum atomic E-state index is 4.61. The lowest BCUT2D eigenvalue weighted by atomic mass is 10.2. The maximum absolute atomic E-state index is 4.61. The van der Waals surface area contributed by atoms with E-state index in [9.17, 15) is 0 Å².